The Labute approximate surface area is 127 Å². The summed E-state index contributed by atoms with van der Waals surface area (Å²) >= 11 is 1.47. The van der Waals surface area contributed by atoms with Crippen LogP contribution in [-0.4, -0.2) is 17.0 Å². The molecule has 110 valence electrons. The number of anilines is 1. The molecule has 1 aromatic carbocycles. The van der Waals surface area contributed by atoms with E-state index in [1.165, 1.54) is 23.5 Å². The van der Waals surface area contributed by atoms with E-state index in [-0.39, 0.29) is 16.9 Å². The fourth-order valence-electron chi connectivity index (χ4n) is 1.75. The number of rotatable bonds is 3. The quantitative estimate of drug-likeness (QED) is 0.900. The van der Waals surface area contributed by atoms with Crippen LogP contribution in [0.15, 0.2) is 36.4 Å². The number of thiophene rings is 1. The number of amides is 1. The number of carbonyl (C=O) groups is 2. The van der Waals surface area contributed by atoms with Gasteiger partial charge in [-0.1, -0.05) is 20.8 Å². The molecule has 1 heterocycles. The van der Waals surface area contributed by atoms with Crippen LogP contribution >= 0.6 is 11.3 Å². The summed E-state index contributed by atoms with van der Waals surface area (Å²) in [6.07, 6.45) is 0. The molecule has 0 saturated carbocycles. The van der Waals surface area contributed by atoms with E-state index in [0.29, 0.717) is 10.6 Å². The molecule has 0 saturated heterocycles. The van der Waals surface area contributed by atoms with E-state index in [9.17, 15) is 9.59 Å². The van der Waals surface area contributed by atoms with Gasteiger partial charge in [-0.2, -0.15) is 0 Å². The molecule has 1 aromatic heterocycles. The van der Waals surface area contributed by atoms with Crippen LogP contribution in [-0.2, 0) is 5.41 Å². The zero-order chi connectivity index (χ0) is 15.6. The van der Waals surface area contributed by atoms with Gasteiger partial charge in [0, 0.05) is 10.6 Å². The van der Waals surface area contributed by atoms with Gasteiger partial charge in [0.1, 0.15) is 0 Å². The maximum absolute atomic E-state index is 12.2. The van der Waals surface area contributed by atoms with Crippen molar-refractivity contribution >= 4 is 28.9 Å². The minimum absolute atomic E-state index is 0.0202. The molecule has 4 nitrogen and oxygen atoms in total. The molecule has 0 aliphatic heterocycles. The zero-order valence-electron chi connectivity index (χ0n) is 12.1. The SMILES string of the molecule is CC(C)(C)c1ccc(C(=O)Nc2ccc(C(=O)O)cc2)s1. The van der Waals surface area contributed by atoms with Gasteiger partial charge >= 0.3 is 5.97 Å². The van der Waals surface area contributed by atoms with Crippen molar-refractivity contribution in [3.63, 3.8) is 0 Å². The molecule has 0 fully saturated rings. The monoisotopic (exact) mass is 303 g/mol. The molecule has 21 heavy (non-hydrogen) atoms. The van der Waals surface area contributed by atoms with E-state index in [1.54, 1.807) is 12.1 Å². The predicted octanol–water partition coefficient (Wildman–Crippen LogP) is 4.00. The molecular weight excluding hydrogens is 286 g/mol. The van der Waals surface area contributed by atoms with Crippen molar-refractivity contribution in [1.29, 1.82) is 0 Å². The molecule has 0 atom stereocenters. The summed E-state index contributed by atoms with van der Waals surface area (Å²) in [6.45, 7) is 6.31. The van der Waals surface area contributed by atoms with Gasteiger partial charge in [-0.25, -0.2) is 4.79 Å². The summed E-state index contributed by atoms with van der Waals surface area (Å²) in [4.78, 5) is 24.7. The van der Waals surface area contributed by atoms with Crippen molar-refractivity contribution in [1.82, 2.24) is 0 Å². The van der Waals surface area contributed by atoms with Gasteiger partial charge in [-0.15, -0.1) is 11.3 Å². The third-order valence-electron chi connectivity index (χ3n) is 2.96. The molecule has 0 aliphatic rings. The maximum atomic E-state index is 12.2. The van der Waals surface area contributed by atoms with E-state index in [0.717, 1.165) is 4.88 Å². The molecule has 2 aromatic rings. The molecular formula is C16H17NO3S. The summed E-state index contributed by atoms with van der Waals surface area (Å²) in [7, 11) is 0. The van der Waals surface area contributed by atoms with Gasteiger partial charge < -0.3 is 10.4 Å². The topological polar surface area (TPSA) is 66.4 Å². The highest BCUT2D eigenvalue weighted by Gasteiger charge is 2.18. The third-order valence-corrected chi connectivity index (χ3v) is 4.47. The average molecular weight is 303 g/mol. The minimum atomic E-state index is -0.985. The van der Waals surface area contributed by atoms with Crippen molar-refractivity contribution in [3.05, 3.63) is 51.7 Å². The fourth-order valence-corrected chi connectivity index (χ4v) is 2.71. The number of nitrogens with one attached hydrogen (secondary N) is 1. The van der Waals surface area contributed by atoms with Crippen molar-refractivity contribution in [3.8, 4) is 0 Å². The lowest BCUT2D eigenvalue weighted by atomic mass is 9.95. The highest BCUT2D eigenvalue weighted by molar-refractivity contribution is 7.14. The summed E-state index contributed by atoms with van der Waals surface area (Å²) in [6, 6.07) is 9.87. The standard InChI is InChI=1S/C16H17NO3S/c1-16(2,3)13-9-8-12(21-13)14(18)17-11-6-4-10(5-7-11)15(19)20/h4-9H,1-3H3,(H,17,18)(H,19,20). The molecule has 2 rings (SSSR count). The second-order valence-corrected chi connectivity index (χ2v) is 6.83. The van der Waals surface area contributed by atoms with Crippen LogP contribution in [0.3, 0.4) is 0 Å². The van der Waals surface area contributed by atoms with E-state index in [4.69, 9.17) is 5.11 Å². The molecule has 1 amide bonds. The van der Waals surface area contributed by atoms with E-state index in [2.05, 4.69) is 26.1 Å². The highest BCUT2D eigenvalue weighted by Crippen LogP contribution is 2.29. The van der Waals surface area contributed by atoms with E-state index < -0.39 is 5.97 Å². The number of hydrogen-bond acceptors (Lipinski definition) is 3. The number of carboxylic acids is 1. The summed E-state index contributed by atoms with van der Waals surface area (Å²) in [5.41, 5.74) is 0.793. The van der Waals surface area contributed by atoms with Crippen molar-refractivity contribution < 1.29 is 14.7 Å². The summed E-state index contributed by atoms with van der Waals surface area (Å²) < 4.78 is 0. The molecule has 0 aliphatic carbocycles. The zero-order valence-corrected chi connectivity index (χ0v) is 13.0. The summed E-state index contributed by atoms with van der Waals surface area (Å²) in [5.74, 6) is -1.17. The number of carbonyl (C=O) groups excluding carboxylic acids is 1. The Balaban J connectivity index is 2.11. The van der Waals surface area contributed by atoms with Crippen molar-refractivity contribution in [2.24, 2.45) is 0 Å². The number of hydrogen-bond donors (Lipinski definition) is 2. The first-order valence-electron chi connectivity index (χ1n) is 6.52. The number of benzene rings is 1. The Morgan fingerprint density at radius 2 is 1.67 bits per heavy atom. The van der Waals surface area contributed by atoms with Gasteiger partial charge in [-0.05, 0) is 41.8 Å². The average Bonchev–Trinajstić information content (AvgIpc) is 2.88. The van der Waals surface area contributed by atoms with Crippen LogP contribution in [0.1, 0.15) is 45.7 Å². The first kappa shape index (κ1) is 15.3. The highest BCUT2D eigenvalue weighted by atomic mass is 32.1. The molecule has 5 heteroatoms. The molecule has 2 N–H and O–H groups in total. The minimum Gasteiger partial charge on any atom is -0.478 e. The molecule has 0 unspecified atom stereocenters. The van der Waals surface area contributed by atoms with Crippen LogP contribution in [0.2, 0.25) is 0 Å². The van der Waals surface area contributed by atoms with Crippen LogP contribution in [0.4, 0.5) is 5.69 Å². The van der Waals surface area contributed by atoms with Gasteiger partial charge in [0.05, 0.1) is 10.4 Å². The normalized spacial score (nSPS) is 11.2. The fraction of sp³-hybridized carbons (Fsp3) is 0.250. The maximum Gasteiger partial charge on any atom is 0.335 e. The Bertz CT molecular complexity index is 666. The van der Waals surface area contributed by atoms with Gasteiger partial charge in [0.2, 0.25) is 0 Å². The molecule has 0 bridgehead atoms. The predicted molar refractivity (Wildman–Crippen MR) is 84.4 cm³/mol. The Hall–Kier alpha value is -2.14. The number of carboxylic acid groups (broad SMARTS) is 1. The Morgan fingerprint density at radius 1 is 1.05 bits per heavy atom. The smallest absolute Gasteiger partial charge is 0.335 e. The lowest BCUT2D eigenvalue weighted by molar-refractivity contribution is 0.0696. The lowest BCUT2D eigenvalue weighted by Crippen LogP contribution is -2.11. The van der Waals surface area contributed by atoms with Crippen molar-refractivity contribution in [2.75, 3.05) is 5.32 Å². The van der Waals surface area contributed by atoms with Crippen LogP contribution in [0.25, 0.3) is 0 Å². The van der Waals surface area contributed by atoms with Crippen LogP contribution < -0.4 is 5.32 Å². The largest absolute Gasteiger partial charge is 0.478 e. The first-order chi connectivity index (χ1) is 9.77. The lowest BCUT2D eigenvalue weighted by Gasteiger charge is -2.15. The second kappa shape index (κ2) is 5.69. The van der Waals surface area contributed by atoms with Crippen LogP contribution in [0, 0.1) is 0 Å². The number of aromatic carboxylic acids is 1. The van der Waals surface area contributed by atoms with Gasteiger partial charge in [-0.3, -0.25) is 4.79 Å². The van der Waals surface area contributed by atoms with Crippen molar-refractivity contribution in [2.45, 2.75) is 26.2 Å². The van der Waals surface area contributed by atoms with Gasteiger partial charge in [0.15, 0.2) is 0 Å². The van der Waals surface area contributed by atoms with E-state index in [1.807, 2.05) is 12.1 Å². The Morgan fingerprint density at radius 3 is 2.14 bits per heavy atom. The molecule has 0 spiro atoms. The molecule has 0 radical (unpaired) electrons. The summed E-state index contributed by atoms with van der Waals surface area (Å²) in [5, 5.41) is 11.6. The Kier molecular flexibility index (Phi) is 4.14. The van der Waals surface area contributed by atoms with Gasteiger partial charge in [0.25, 0.3) is 5.91 Å². The second-order valence-electron chi connectivity index (χ2n) is 5.75. The third kappa shape index (κ3) is 3.70. The van der Waals surface area contributed by atoms with Crippen LogP contribution in [0.5, 0.6) is 0 Å². The first-order valence-corrected chi connectivity index (χ1v) is 7.34. The van der Waals surface area contributed by atoms with E-state index >= 15 is 0 Å².